The molecule has 0 aromatic heterocycles. The lowest BCUT2D eigenvalue weighted by molar-refractivity contribution is -0.908. The quantitative estimate of drug-likeness (QED) is 0.400. The van der Waals surface area contributed by atoms with Crippen LogP contribution in [0.2, 0.25) is 0 Å². The SMILES string of the molecule is S=C(NCCC[NH+]1CCOCC1)NN=C1CCC(c2ccccc2)CC1. The number of hydrazone groups is 1. The number of thiocarbonyl (C=S) groups is 1. The maximum atomic E-state index is 5.38. The second-order valence-corrected chi connectivity index (χ2v) is 7.60. The van der Waals surface area contributed by atoms with Crippen LogP contribution in [0, 0.1) is 0 Å². The second-order valence-electron chi connectivity index (χ2n) is 7.20. The largest absolute Gasteiger partial charge is 0.370 e. The number of benzene rings is 1. The van der Waals surface area contributed by atoms with E-state index in [9.17, 15) is 0 Å². The van der Waals surface area contributed by atoms with Crippen molar-refractivity contribution in [2.24, 2.45) is 5.10 Å². The highest BCUT2D eigenvalue weighted by molar-refractivity contribution is 7.80. The van der Waals surface area contributed by atoms with Crippen LogP contribution < -0.4 is 15.6 Å². The Balaban J connectivity index is 1.29. The summed E-state index contributed by atoms with van der Waals surface area (Å²) in [5, 5.41) is 8.42. The standard InChI is InChI=1S/C20H30N4OS/c26-20(21-11-4-12-24-13-15-25-16-14-24)23-22-19-9-7-18(8-10-19)17-5-2-1-3-6-17/h1-3,5-6,18H,4,7-16H2,(H2,21,23,26)/p+1. The smallest absolute Gasteiger partial charge is 0.186 e. The first-order valence-electron chi connectivity index (χ1n) is 9.87. The summed E-state index contributed by atoms with van der Waals surface area (Å²) < 4.78 is 5.38. The number of nitrogens with one attached hydrogen (secondary N) is 3. The monoisotopic (exact) mass is 375 g/mol. The van der Waals surface area contributed by atoms with Crippen molar-refractivity contribution in [3.63, 3.8) is 0 Å². The maximum absolute atomic E-state index is 5.38. The van der Waals surface area contributed by atoms with Gasteiger partial charge >= 0.3 is 0 Å². The normalized spacial score (nSPS) is 21.2. The van der Waals surface area contributed by atoms with E-state index < -0.39 is 0 Å². The molecular formula is C20H31N4OS+. The number of ether oxygens (including phenoxy) is 1. The Morgan fingerprint density at radius 2 is 1.88 bits per heavy atom. The molecule has 1 aliphatic heterocycles. The average Bonchev–Trinajstić information content (AvgIpc) is 2.71. The molecule has 0 bridgehead atoms. The number of hydrogen-bond acceptors (Lipinski definition) is 3. The first-order valence-corrected chi connectivity index (χ1v) is 10.3. The van der Waals surface area contributed by atoms with E-state index in [2.05, 4.69) is 46.2 Å². The Kier molecular flexibility index (Phi) is 7.86. The molecule has 3 rings (SSSR count). The lowest BCUT2D eigenvalue weighted by Gasteiger charge is -2.24. The first-order chi connectivity index (χ1) is 12.8. The van der Waals surface area contributed by atoms with Crippen molar-refractivity contribution in [1.29, 1.82) is 0 Å². The van der Waals surface area contributed by atoms with Gasteiger partial charge in [-0.1, -0.05) is 30.3 Å². The molecule has 2 aliphatic rings. The van der Waals surface area contributed by atoms with E-state index in [0.717, 1.165) is 52.1 Å². The van der Waals surface area contributed by atoms with Gasteiger partial charge in [0.2, 0.25) is 0 Å². The summed E-state index contributed by atoms with van der Waals surface area (Å²) in [7, 11) is 0. The van der Waals surface area contributed by atoms with Crippen molar-refractivity contribution >= 4 is 23.0 Å². The molecule has 1 aromatic carbocycles. The molecule has 1 saturated carbocycles. The van der Waals surface area contributed by atoms with Gasteiger partial charge in [0.05, 0.1) is 19.8 Å². The van der Waals surface area contributed by atoms with Gasteiger partial charge in [-0.25, -0.2) is 0 Å². The van der Waals surface area contributed by atoms with Gasteiger partial charge in [0.1, 0.15) is 13.1 Å². The lowest BCUT2D eigenvalue weighted by atomic mass is 9.83. The fraction of sp³-hybridized carbons (Fsp3) is 0.600. The minimum absolute atomic E-state index is 0.639. The Morgan fingerprint density at radius 3 is 2.62 bits per heavy atom. The van der Waals surface area contributed by atoms with Gasteiger partial charge in [-0.3, -0.25) is 5.43 Å². The van der Waals surface area contributed by atoms with E-state index >= 15 is 0 Å². The van der Waals surface area contributed by atoms with Crippen LogP contribution in [0.25, 0.3) is 0 Å². The summed E-state index contributed by atoms with van der Waals surface area (Å²) in [4.78, 5) is 1.63. The van der Waals surface area contributed by atoms with Crippen LogP contribution in [0.15, 0.2) is 35.4 Å². The highest BCUT2D eigenvalue weighted by atomic mass is 32.1. The number of quaternary nitrogens is 1. The maximum Gasteiger partial charge on any atom is 0.186 e. The third kappa shape index (κ3) is 6.34. The first kappa shape index (κ1) is 19.3. The molecule has 0 unspecified atom stereocenters. The van der Waals surface area contributed by atoms with Gasteiger partial charge in [0.25, 0.3) is 0 Å². The molecule has 1 aliphatic carbocycles. The topological polar surface area (TPSA) is 50.1 Å². The van der Waals surface area contributed by atoms with Crippen LogP contribution in [0.5, 0.6) is 0 Å². The minimum Gasteiger partial charge on any atom is -0.370 e. The zero-order chi connectivity index (χ0) is 18.0. The van der Waals surface area contributed by atoms with Gasteiger partial charge in [-0.2, -0.15) is 5.10 Å². The van der Waals surface area contributed by atoms with Crippen molar-refractivity contribution in [2.45, 2.75) is 38.0 Å². The van der Waals surface area contributed by atoms with E-state index in [1.807, 2.05) is 0 Å². The molecule has 3 N–H and O–H groups in total. The fourth-order valence-corrected chi connectivity index (χ4v) is 3.89. The molecule has 2 fully saturated rings. The molecule has 142 valence electrons. The highest BCUT2D eigenvalue weighted by Gasteiger charge is 2.19. The van der Waals surface area contributed by atoms with Crippen LogP contribution >= 0.6 is 12.2 Å². The van der Waals surface area contributed by atoms with Crippen molar-refractivity contribution < 1.29 is 9.64 Å². The summed E-state index contributed by atoms with van der Waals surface area (Å²) in [6.07, 6.45) is 5.57. The number of hydrogen-bond donors (Lipinski definition) is 3. The predicted molar refractivity (Wildman–Crippen MR) is 110 cm³/mol. The van der Waals surface area contributed by atoms with Gasteiger partial charge in [0, 0.05) is 18.7 Å². The van der Waals surface area contributed by atoms with Crippen LogP contribution in [-0.4, -0.2) is 50.2 Å². The Labute approximate surface area is 162 Å². The summed E-state index contributed by atoms with van der Waals surface area (Å²) >= 11 is 5.34. The third-order valence-electron chi connectivity index (χ3n) is 5.34. The van der Waals surface area contributed by atoms with Gasteiger partial charge in [-0.05, 0) is 49.4 Å². The summed E-state index contributed by atoms with van der Waals surface area (Å²) in [5.41, 5.74) is 5.72. The van der Waals surface area contributed by atoms with E-state index in [1.165, 1.54) is 30.7 Å². The molecule has 0 amide bonds. The number of nitrogens with zero attached hydrogens (tertiary/aromatic N) is 1. The zero-order valence-electron chi connectivity index (χ0n) is 15.5. The molecule has 1 saturated heterocycles. The van der Waals surface area contributed by atoms with Crippen molar-refractivity contribution in [3.8, 4) is 0 Å². The van der Waals surface area contributed by atoms with Crippen LogP contribution in [0.3, 0.4) is 0 Å². The molecule has 1 aromatic rings. The van der Waals surface area contributed by atoms with Gasteiger partial charge in [-0.15, -0.1) is 0 Å². The van der Waals surface area contributed by atoms with E-state index in [1.54, 1.807) is 4.90 Å². The van der Waals surface area contributed by atoms with Crippen molar-refractivity contribution in [3.05, 3.63) is 35.9 Å². The van der Waals surface area contributed by atoms with Crippen LogP contribution in [0.1, 0.15) is 43.6 Å². The molecule has 0 atom stereocenters. The zero-order valence-corrected chi connectivity index (χ0v) is 16.3. The Hall–Kier alpha value is -1.50. The van der Waals surface area contributed by atoms with E-state index in [4.69, 9.17) is 17.0 Å². The Morgan fingerprint density at radius 1 is 1.15 bits per heavy atom. The molecule has 0 spiro atoms. The van der Waals surface area contributed by atoms with E-state index in [-0.39, 0.29) is 0 Å². The number of rotatable bonds is 6. The van der Waals surface area contributed by atoms with Gasteiger partial charge < -0.3 is 15.0 Å². The lowest BCUT2D eigenvalue weighted by Crippen LogP contribution is -3.14. The molecule has 6 heteroatoms. The number of morpholine rings is 1. The average molecular weight is 376 g/mol. The summed E-state index contributed by atoms with van der Waals surface area (Å²) in [6.45, 7) is 6.11. The second kappa shape index (κ2) is 10.6. The molecule has 26 heavy (non-hydrogen) atoms. The van der Waals surface area contributed by atoms with Crippen molar-refractivity contribution in [1.82, 2.24) is 10.7 Å². The predicted octanol–water partition coefficient (Wildman–Crippen LogP) is 1.47. The fourth-order valence-electron chi connectivity index (χ4n) is 3.74. The van der Waals surface area contributed by atoms with Crippen molar-refractivity contribution in [2.75, 3.05) is 39.4 Å². The summed E-state index contributed by atoms with van der Waals surface area (Å²) in [5.74, 6) is 0.669. The minimum atomic E-state index is 0.639. The third-order valence-corrected chi connectivity index (χ3v) is 5.58. The van der Waals surface area contributed by atoms with Gasteiger partial charge in [0.15, 0.2) is 5.11 Å². The Bertz CT molecular complexity index is 577. The molecular weight excluding hydrogens is 344 g/mol. The van der Waals surface area contributed by atoms with Crippen LogP contribution in [-0.2, 0) is 4.74 Å². The highest BCUT2D eigenvalue weighted by Crippen LogP contribution is 2.31. The molecule has 5 nitrogen and oxygen atoms in total. The molecule has 1 heterocycles. The van der Waals surface area contributed by atoms with Crippen LogP contribution in [0.4, 0.5) is 0 Å². The molecule has 0 radical (unpaired) electrons. The summed E-state index contributed by atoms with van der Waals surface area (Å²) in [6, 6.07) is 10.8. The van der Waals surface area contributed by atoms with E-state index in [0.29, 0.717) is 11.0 Å².